The molecule has 5 heteroatoms. The Morgan fingerprint density at radius 3 is 2.74 bits per heavy atom. The number of rotatable bonds is 2. The summed E-state index contributed by atoms with van der Waals surface area (Å²) in [6, 6.07) is 0. The van der Waals surface area contributed by atoms with E-state index in [0.717, 1.165) is 38.5 Å². The van der Waals surface area contributed by atoms with Crippen LogP contribution in [0.3, 0.4) is 0 Å². The first kappa shape index (κ1) is 20.4. The van der Waals surface area contributed by atoms with Gasteiger partial charge in [0.15, 0.2) is 5.78 Å². The molecule has 152 valence electrons. The number of Topliss-reactive ketones (excluding diaryl/α,β-unsaturated/α-hetero) is 1. The second-order valence-corrected chi connectivity index (χ2v) is 9.26. The number of hydrogen-bond donors (Lipinski definition) is 0. The Balaban J connectivity index is 1.93. The van der Waals surface area contributed by atoms with Gasteiger partial charge >= 0.3 is 6.16 Å². The quantitative estimate of drug-likeness (QED) is 0.396. The molecule has 2 aliphatic carbocycles. The normalized spacial score (nSPS) is 44.0. The van der Waals surface area contributed by atoms with Gasteiger partial charge in [0.05, 0.1) is 13.7 Å². The third-order valence-electron chi connectivity index (χ3n) is 7.62. The summed E-state index contributed by atoms with van der Waals surface area (Å²) in [4.78, 5) is 25.0. The van der Waals surface area contributed by atoms with Crippen LogP contribution >= 0.6 is 0 Å². The fourth-order valence-corrected chi connectivity index (χ4v) is 5.23. The number of ether oxygens (including phenoxy) is 3. The van der Waals surface area contributed by atoms with Gasteiger partial charge in [0.1, 0.15) is 11.7 Å². The number of ketones is 1. The van der Waals surface area contributed by atoms with Gasteiger partial charge in [-0.2, -0.15) is 0 Å². The first-order valence-electron chi connectivity index (χ1n) is 10.3. The lowest BCUT2D eigenvalue weighted by atomic mass is 9.55. The number of carbonyl (C=O) groups is 2. The molecule has 1 saturated carbocycles. The molecule has 0 unspecified atom stereocenters. The van der Waals surface area contributed by atoms with E-state index in [-0.39, 0.29) is 41.3 Å². The number of fused-ring (bicyclic) bond motifs is 3. The van der Waals surface area contributed by atoms with E-state index in [4.69, 9.17) is 9.47 Å². The summed E-state index contributed by atoms with van der Waals surface area (Å²) >= 11 is 0. The molecule has 3 aliphatic rings. The fourth-order valence-electron chi connectivity index (χ4n) is 5.23. The number of epoxide rings is 1. The zero-order valence-corrected chi connectivity index (χ0v) is 17.4. The fraction of sp³-hybridized carbons (Fsp3) is 0.818. The predicted octanol–water partition coefficient (Wildman–Crippen LogP) is 4.68. The van der Waals surface area contributed by atoms with Crippen LogP contribution in [0.4, 0.5) is 4.79 Å². The molecule has 5 nitrogen and oxygen atoms in total. The van der Waals surface area contributed by atoms with Gasteiger partial charge in [0.2, 0.25) is 0 Å². The van der Waals surface area contributed by atoms with Crippen LogP contribution in [0.2, 0.25) is 0 Å². The Labute approximate surface area is 162 Å². The zero-order chi connectivity index (χ0) is 19.8. The molecule has 2 bridgehead atoms. The topological polar surface area (TPSA) is 65.1 Å². The third-order valence-corrected chi connectivity index (χ3v) is 7.62. The van der Waals surface area contributed by atoms with Gasteiger partial charge in [0.25, 0.3) is 0 Å². The Bertz CT molecular complexity index is 626. The van der Waals surface area contributed by atoms with Crippen LogP contribution < -0.4 is 0 Å². The highest BCUT2D eigenvalue weighted by atomic mass is 16.7. The molecule has 1 heterocycles. The Morgan fingerprint density at radius 1 is 1.30 bits per heavy atom. The van der Waals surface area contributed by atoms with E-state index >= 15 is 0 Å². The molecular formula is C22H34O5. The molecule has 0 aromatic heterocycles. The monoisotopic (exact) mass is 378 g/mol. The van der Waals surface area contributed by atoms with Crippen LogP contribution in [0.1, 0.15) is 66.2 Å². The first-order chi connectivity index (χ1) is 12.7. The molecule has 0 aromatic carbocycles. The van der Waals surface area contributed by atoms with Crippen molar-refractivity contribution in [1.82, 2.24) is 0 Å². The SMILES string of the molecule is COC(=O)OC[C@H]1[C@H]2CC[C@@H](C)[C@]1(C)CC/C(C)=C/CC[C@@]1(C)O[C@@H]1C2=O. The largest absolute Gasteiger partial charge is 0.507 e. The van der Waals surface area contributed by atoms with E-state index in [1.165, 1.54) is 12.7 Å². The van der Waals surface area contributed by atoms with Crippen LogP contribution in [-0.4, -0.2) is 37.4 Å². The van der Waals surface area contributed by atoms with Gasteiger partial charge in [-0.15, -0.1) is 0 Å². The summed E-state index contributed by atoms with van der Waals surface area (Å²) in [5.41, 5.74) is 0.998. The van der Waals surface area contributed by atoms with E-state index < -0.39 is 6.16 Å². The van der Waals surface area contributed by atoms with E-state index in [0.29, 0.717) is 5.92 Å². The zero-order valence-electron chi connectivity index (χ0n) is 17.4. The third kappa shape index (κ3) is 3.94. The number of methoxy groups -OCH3 is 1. The Kier molecular flexibility index (Phi) is 5.72. The molecule has 1 aliphatic heterocycles. The van der Waals surface area contributed by atoms with Gasteiger partial charge in [-0.1, -0.05) is 25.5 Å². The van der Waals surface area contributed by atoms with Crippen LogP contribution in [0.25, 0.3) is 0 Å². The summed E-state index contributed by atoms with van der Waals surface area (Å²) in [5.74, 6) is 0.547. The van der Waals surface area contributed by atoms with E-state index in [9.17, 15) is 9.59 Å². The van der Waals surface area contributed by atoms with Gasteiger partial charge < -0.3 is 14.2 Å². The summed E-state index contributed by atoms with van der Waals surface area (Å²) in [6.45, 7) is 9.02. The highest BCUT2D eigenvalue weighted by Gasteiger charge is 2.60. The van der Waals surface area contributed by atoms with Crippen molar-refractivity contribution in [3.8, 4) is 0 Å². The molecule has 0 radical (unpaired) electrons. The molecule has 6 atom stereocenters. The lowest BCUT2D eigenvalue weighted by Crippen LogP contribution is -2.49. The smallest absolute Gasteiger partial charge is 0.438 e. The van der Waals surface area contributed by atoms with Crippen molar-refractivity contribution < 1.29 is 23.8 Å². The Morgan fingerprint density at radius 2 is 2.04 bits per heavy atom. The molecule has 0 N–H and O–H groups in total. The predicted molar refractivity (Wildman–Crippen MR) is 102 cm³/mol. The Hall–Kier alpha value is -1.36. The van der Waals surface area contributed by atoms with Gasteiger partial charge in [-0.25, -0.2) is 4.79 Å². The average Bonchev–Trinajstić information content (AvgIpc) is 3.31. The molecule has 2 fully saturated rings. The molecule has 0 spiro atoms. The van der Waals surface area contributed by atoms with Crippen molar-refractivity contribution in [2.45, 2.75) is 77.9 Å². The lowest BCUT2D eigenvalue weighted by Gasteiger charge is -2.50. The summed E-state index contributed by atoms with van der Waals surface area (Å²) in [5, 5.41) is 0. The highest BCUT2D eigenvalue weighted by Crippen LogP contribution is 2.54. The van der Waals surface area contributed by atoms with Gasteiger partial charge in [0, 0.05) is 11.8 Å². The average molecular weight is 379 g/mol. The molecule has 1 saturated heterocycles. The van der Waals surface area contributed by atoms with Crippen molar-refractivity contribution in [3.63, 3.8) is 0 Å². The summed E-state index contributed by atoms with van der Waals surface area (Å²) in [6.07, 6.45) is 7.02. The van der Waals surface area contributed by atoms with E-state index in [1.807, 2.05) is 0 Å². The highest BCUT2D eigenvalue weighted by molar-refractivity contribution is 5.89. The maximum absolute atomic E-state index is 13.3. The first-order valence-corrected chi connectivity index (χ1v) is 10.3. The van der Waals surface area contributed by atoms with Crippen LogP contribution in [0, 0.1) is 23.2 Å². The van der Waals surface area contributed by atoms with Crippen LogP contribution in [0.5, 0.6) is 0 Å². The molecule has 0 amide bonds. The summed E-state index contributed by atoms with van der Waals surface area (Å²) < 4.78 is 16.0. The molecule has 0 aromatic rings. The molecule has 27 heavy (non-hydrogen) atoms. The minimum atomic E-state index is -0.675. The maximum Gasteiger partial charge on any atom is 0.507 e. The van der Waals surface area contributed by atoms with Crippen LogP contribution in [-0.2, 0) is 19.0 Å². The van der Waals surface area contributed by atoms with Crippen molar-refractivity contribution in [1.29, 1.82) is 0 Å². The van der Waals surface area contributed by atoms with Crippen molar-refractivity contribution in [2.75, 3.05) is 13.7 Å². The maximum atomic E-state index is 13.3. The minimum absolute atomic E-state index is 0.00599. The molecular weight excluding hydrogens is 344 g/mol. The van der Waals surface area contributed by atoms with Crippen molar-refractivity contribution in [2.24, 2.45) is 23.2 Å². The van der Waals surface area contributed by atoms with Crippen molar-refractivity contribution >= 4 is 11.9 Å². The summed E-state index contributed by atoms with van der Waals surface area (Å²) in [7, 11) is 1.32. The number of allylic oxidation sites excluding steroid dienone is 2. The number of hydrogen-bond acceptors (Lipinski definition) is 5. The standard InChI is InChI=1S/C22H34O5/c1-14-7-6-11-22(4)19(27-22)18(23)16-9-8-15(2)21(3,12-10-14)17(16)13-26-20(24)25-5/h7,15-17,19H,6,8-13H2,1-5H3/b14-7+/t15-,16-,17+,19-,21+,22-/m1/s1. The van der Waals surface area contributed by atoms with Gasteiger partial charge in [-0.05, 0) is 63.7 Å². The lowest BCUT2D eigenvalue weighted by molar-refractivity contribution is -0.134. The second kappa shape index (κ2) is 7.57. The van der Waals surface area contributed by atoms with E-state index in [2.05, 4.69) is 38.5 Å². The van der Waals surface area contributed by atoms with E-state index in [1.54, 1.807) is 0 Å². The molecule has 3 rings (SSSR count). The minimum Gasteiger partial charge on any atom is -0.438 e. The number of carbonyl (C=O) groups excluding carboxylic acids is 2. The van der Waals surface area contributed by atoms with Crippen LogP contribution in [0.15, 0.2) is 11.6 Å². The van der Waals surface area contributed by atoms with Crippen molar-refractivity contribution in [3.05, 3.63) is 11.6 Å². The second-order valence-electron chi connectivity index (χ2n) is 9.26. The van der Waals surface area contributed by atoms with Gasteiger partial charge in [-0.3, -0.25) is 4.79 Å².